The maximum absolute atomic E-state index is 11.0. The Morgan fingerprint density at radius 2 is 2.12 bits per heavy atom. The lowest BCUT2D eigenvalue weighted by Gasteiger charge is -2.26. The van der Waals surface area contributed by atoms with Crippen LogP contribution >= 0.6 is 43.2 Å². The van der Waals surface area contributed by atoms with Crippen molar-refractivity contribution in [3.63, 3.8) is 0 Å². The summed E-state index contributed by atoms with van der Waals surface area (Å²) in [5, 5.41) is 0. The molecule has 1 aromatic rings. The van der Waals surface area contributed by atoms with Gasteiger partial charge in [0.1, 0.15) is 0 Å². The molecule has 1 unspecified atom stereocenters. The molecule has 0 fully saturated rings. The second-order valence-corrected chi connectivity index (χ2v) is 8.65. The van der Waals surface area contributed by atoms with E-state index in [0.29, 0.717) is 6.42 Å². The number of hydrogen-bond donors (Lipinski definition) is 2. The molecule has 17 heavy (non-hydrogen) atoms. The minimum atomic E-state index is -0.284. The van der Waals surface area contributed by atoms with E-state index in [-0.39, 0.29) is 17.4 Å². The van der Waals surface area contributed by atoms with Gasteiger partial charge in [-0.3, -0.25) is 4.79 Å². The van der Waals surface area contributed by atoms with Crippen molar-refractivity contribution in [3.8, 4) is 0 Å². The van der Waals surface area contributed by atoms with Gasteiger partial charge in [-0.1, -0.05) is 13.8 Å². The molecule has 0 bridgehead atoms. The molecular formula is C11H16Br2N2OS. The molecule has 0 saturated heterocycles. The van der Waals surface area contributed by atoms with Gasteiger partial charge in [-0.2, -0.15) is 0 Å². The molecule has 0 saturated carbocycles. The monoisotopic (exact) mass is 382 g/mol. The first kappa shape index (κ1) is 15.1. The van der Waals surface area contributed by atoms with E-state index >= 15 is 0 Å². The van der Waals surface area contributed by atoms with Gasteiger partial charge in [-0.05, 0) is 55.3 Å². The molecule has 1 heterocycles. The fourth-order valence-corrected chi connectivity index (χ4v) is 4.86. The SMILES string of the molecule is CC(C)(CC(N)=O)CC(N)c1cc(Br)sc1Br. The van der Waals surface area contributed by atoms with E-state index in [4.69, 9.17) is 11.5 Å². The standard InChI is InChI=1S/C11H16Br2N2OS/c1-11(2,5-9(15)16)4-7(14)6-3-8(12)17-10(6)13/h3,7H,4-5,14H2,1-2H3,(H2,15,16). The highest BCUT2D eigenvalue weighted by Crippen LogP contribution is 2.39. The Balaban J connectivity index is 2.75. The summed E-state index contributed by atoms with van der Waals surface area (Å²) < 4.78 is 2.08. The molecule has 1 amide bonds. The van der Waals surface area contributed by atoms with E-state index in [9.17, 15) is 4.79 Å². The minimum absolute atomic E-state index is 0.0960. The lowest BCUT2D eigenvalue weighted by Crippen LogP contribution is -2.27. The van der Waals surface area contributed by atoms with E-state index in [2.05, 4.69) is 31.9 Å². The number of carbonyl (C=O) groups excluding carboxylic acids is 1. The van der Waals surface area contributed by atoms with Crippen LogP contribution in [0.15, 0.2) is 13.6 Å². The first-order valence-electron chi connectivity index (χ1n) is 5.20. The summed E-state index contributed by atoms with van der Waals surface area (Å²) in [6.45, 7) is 4.01. The number of amides is 1. The number of carbonyl (C=O) groups is 1. The Hall–Kier alpha value is 0.0900. The molecule has 0 aliphatic carbocycles. The predicted octanol–water partition coefficient (Wildman–Crippen LogP) is 3.56. The van der Waals surface area contributed by atoms with Crippen LogP contribution in [0.25, 0.3) is 0 Å². The number of thiophene rings is 1. The van der Waals surface area contributed by atoms with E-state index in [0.717, 1.165) is 19.6 Å². The fraction of sp³-hybridized carbons (Fsp3) is 0.545. The van der Waals surface area contributed by atoms with E-state index in [1.807, 2.05) is 19.9 Å². The molecule has 1 aromatic heterocycles. The molecule has 3 nitrogen and oxygen atoms in total. The van der Waals surface area contributed by atoms with Crippen molar-refractivity contribution in [2.75, 3.05) is 0 Å². The smallest absolute Gasteiger partial charge is 0.217 e. The van der Waals surface area contributed by atoms with Crippen LogP contribution in [0.1, 0.15) is 38.3 Å². The van der Waals surface area contributed by atoms with Gasteiger partial charge in [0.05, 0.1) is 7.57 Å². The van der Waals surface area contributed by atoms with Crippen molar-refractivity contribution >= 4 is 49.1 Å². The fourth-order valence-electron chi connectivity index (χ4n) is 1.85. The van der Waals surface area contributed by atoms with Crippen LogP contribution in [0, 0.1) is 5.41 Å². The second-order valence-electron chi connectivity index (χ2n) is 4.90. The summed E-state index contributed by atoms with van der Waals surface area (Å²) in [6.07, 6.45) is 1.07. The second kappa shape index (κ2) is 5.82. The predicted molar refractivity (Wildman–Crippen MR) is 78.9 cm³/mol. The van der Waals surface area contributed by atoms with Crippen molar-refractivity contribution in [1.82, 2.24) is 0 Å². The first-order valence-corrected chi connectivity index (χ1v) is 7.60. The van der Waals surface area contributed by atoms with Crippen LogP contribution in [0.3, 0.4) is 0 Å². The van der Waals surface area contributed by atoms with Crippen LogP contribution in [0.4, 0.5) is 0 Å². The van der Waals surface area contributed by atoms with Gasteiger partial charge >= 0.3 is 0 Å². The van der Waals surface area contributed by atoms with Gasteiger partial charge < -0.3 is 11.5 Å². The quantitative estimate of drug-likeness (QED) is 0.815. The van der Waals surface area contributed by atoms with Gasteiger partial charge in [0.15, 0.2) is 0 Å². The Kier molecular flexibility index (Phi) is 5.19. The Labute approximate surface area is 122 Å². The first-order chi connectivity index (χ1) is 7.71. The Morgan fingerprint density at radius 1 is 1.53 bits per heavy atom. The molecule has 0 aliphatic rings. The molecule has 6 heteroatoms. The molecule has 96 valence electrons. The number of primary amides is 1. The zero-order valence-electron chi connectivity index (χ0n) is 9.80. The number of hydrogen-bond acceptors (Lipinski definition) is 3. The summed E-state index contributed by atoms with van der Waals surface area (Å²) in [7, 11) is 0. The van der Waals surface area contributed by atoms with Crippen molar-refractivity contribution < 1.29 is 4.79 Å². The van der Waals surface area contributed by atoms with Gasteiger partial charge in [0.2, 0.25) is 5.91 Å². The molecule has 1 rings (SSSR count). The maximum atomic E-state index is 11.0. The molecular weight excluding hydrogens is 368 g/mol. The lowest BCUT2D eigenvalue weighted by atomic mass is 9.81. The van der Waals surface area contributed by atoms with Crippen molar-refractivity contribution in [2.45, 2.75) is 32.7 Å². The van der Waals surface area contributed by atoms with Crippen LogP contribution in [0.2, 0.25) is 0 Å². The minimum Gasteiger partial charge on any atom is -0.370 e. The number of rotatable bonds is 5. The van der Waals surface area contributed by atoms with Crippen molar-refractivity contribution in [3.05, 3.63) is 19.2 Å². The average molecular weight is 384 g/mol. The molecule has 0 aliphatic heterocycles. The van der Waals surface area contributed by atoms with Crippen LogP contribution in [-0.2, 0) is 4.79 Å². The van der Waals surface area contributed by atoms with Gasteiger partial charge in [0.25, 0.3) is 0 Å². The van der Waals surface area contributed by atoms with Crippen molar-refractivity contribution in [1.29, 1.82) is 0 Å². The molecule has 1 atom stereocenters. The summed E-state index contributed by atoms with van der Waals surface area (Å²) in [4.78, 5) is 11.0. The Morgan fingerprint density at radius 3 is 2.53 bits per heavy atom. The number of halogens is 2. The zero-order valence-corrected chi connectivity index (χ0v) is 13.8. The molecule has 4 N–H and O–H groups in total. The highest BCUT2D eigenvalue weighted by atomic mass is 79.9. The summed E-state index contributed by atoms with van der Waals surface area (Å²) >= 11 is 8.52. The third kappa shape index (κ3) is 4.69. The van der Waals surface area contributed by atoms with Gasteiger partial charge in [-0.15, -0.1) is 11.3 Å². The van der Waals surface area contributed by atoms with Crippen LogP contribution in [0.5, 0.6) is 0 Å². The summed E-state index contributed by atoms with van der Waals surface area (Å²) in [6, 6.07) is 1.92. The van der Waals surface area contributed by atoms with Crippen molar-refractivity contribution in [2.24, 2.45) is 16.9 Å². The van der Waals surface area contributed by atoms with E-state index < -0.39 is 0 Å². The normalized spacial score (nSPS) is 13.7. The molecule has 0 radical (unpaired) electrons. The third-order valence-corrected chi connectivity index (χ3v) is 4.89. The van der Waals surface area contributed by atoms with Crippen LogP contribution < -0.4 is 11.5 Å². The maximum Gasteiger partial charge on any atom is 0.217 e. The Bertz CT molecular complexity index is 418. The van der Waals surface area contributed by atoms with Gasteiger partial charge in [-0.25, -0.2) is 0 Å². The van der Waals surface area contributed by atoms with Gasteiger partial charge in [0, 0.05) is 12.5 Å². The average Bonchev–Trinajstić information content (AvgIpc) is 2.41. The largest absolute Gasteiger partial charge is 0.370 e. The third-order valence-electron chi connectivity index (χ3n) is 2.51. The van der Waals surface area contributed by atoms with E-state index in [1.54, 1.807) is 11.3 Å². The highest BCUT2D eigenvalue weighted by Gasteiger charge is 2.26. The van der Waals surface area contributed by atoms with E-state index in [1.165, 1.54) is 0 Å². The molecule has 0 spiro atoms. The summed E-state index contributed by atoms with van der Waals surface area (Å²) in [5.41, 5.74) is 12.3. The number of nitrogens with two attached hydrogens (primary N) is 2. The van der Waals surface area contributed by atoms with Crippen LogP contribution in [-0.4, -0.2) is 5.91 Å². The zero-order chi connectivity index (χ0) is 13.2. The topological polar surface area (TPSA) is 69.1 Å². The lowest BCUT2D eigenvalue weighted by molar-refractivity contribution is -0.120. The summed E-state index contributed by atoms with van der Waals surface area (Å²) in [5.74, 6) is -0.284. The molecule has 0 aromatic carbocycles. The highest BCUT2D eigenvalue weighted by molar-refractivity contribution is 9.12.